The molecule has 4 rings (SSSR count). The lowest BCUT2D eigenvalue weighted by molar-refractivity contribution is 0.399. The Kier molecular flexibility index (Phi) is 6.68. The monoisotopic (exact) mass is 436 g/mol. The molecule has 0 saturated heterocycles. The van der Waals surface area contributed by atoms with Gasteiger partial charge >= 0.3 is 0 Å². The summed E-state index contributed by atoms with van der Waals surface area (Å²) in [5, 5.41) is 9.81. The molecule has 0 unspecified atom stereocenters. The molecule has 1 heterocycles. The van der Waals surface area contributed by atoms with Gasteiger partial charge in [-0.1, -0.05) is 55.7 Å². The highest BCUT2D eigenvalue weighted by Crippen LogP contribution is 2.33. The first kappa shape index (κ1) is 21.5. The zero-order valence-electron chi connectivity index (χ0n) is 17.5. The molecule has 1 aliphatic rings. The van der Waals surface area contributed by atoms with Crippen LogP contribution in [-0.4, -0.2) is 22.8 Å². The molecule has 5 nitrogen and oxygen atoms in total. The summed E-state index contributed by atoms with van der Waals surface area (Å²) >= 11 is 0. The van der Waals surface area contributed by atoms with Crippen LogP contribution in [0.4, 0.5) is 0 Å². The van der Waals surface area contributed by atoms with Crippen LogP contribution in [0, 0.1) is 0 Å². The van der Waals surface area contributed by atoms with Crippen LogP contribution in [-0.2, 0) is 23.1 Å². The number of phenols is 1. The van der Waals surface area contributed by atoms with E-state index in [2.05, 4.69) is 17.1 Å². The Labute approximate surface area is 184 Å². The summed E-state index contributed by atoms with van der Waals surface area (Å²) in [5.41, 5.74) is 3.01. The highest BCUT2D eigenvalue weighted by molar-refractivity contribution is 7.89. The Bertz CT molecular complexity index is 1090. The third kappa shape index (κ3) is 5.32. The van der Waals surface area contributed by atoms with E-state index in [0.29, 0.717) is 5.92 Å². The van der Waals surface area contributed by atoms with Gasteiger partial charge in [0.25, 0.3) is 0 Å². The standard InChI is InChI=1S/C25H28N2O3S/c28-24-9-4-6-21(16-24)19-27(31(29,30)25-10-5-15-26-17-25)18-20-11-13-23(14-12-20)22-7-2-1-3-8-22/h4-6,9-17,22,28H,1-3,7-8,18-19H2. The van der Waals surface area contributed by atoms with Crippen LogP contribution in [0.1, 0.15) is 54.7 Å². The van der Waals surface area contributed by atoms with Gasteiger partial charge in [-0.2, -0.15) is 4.31 Å². The van der Waals surface area contributed by atoms with Crippen LogP contribution >= 0.6 is 0 Å². The van der Waals surface area contributed by atoms with Gasteiger partial charge in [0, 0.05) is 25.5 Å². The lowest BCUT2D eigenvalue weighted by Crippen LogP contribution is -2.30. The van der Waals surface area contributed by atoms with Gasteiger partial charge in [-0.25, -0.2) is 8.42 Å². The topological polar surface area (TPSA) is 70.5 Å². The number of phenolic OH excluding ortho intramolecular Hbond substituents is 1. The van der Waals surface area contributed by atoms with Gasteiger partial charge in [-0.3, -0.25) is 4.98 Å². The maximum atomic E-state index is 13.4. The molecule has 0 spiro atoms. The number of nitrogens with zero attached hydrogens (tertiary/aromatic N) is 2. The van der Waals surface area contributed by atoms with Crippen molar-refractivity contribution in [3.8, 4) is 5.75 Å². The minimum absolute atomic E-state index is 0.119. The van der Waals surface area contributed by atoms with E-state index in [1.54, 1.807) is 36.5 Å². The van der Waals surface area contributed by atoms with Crippen molar-refractivity contribution in [3.63, 3.8) is 0 Å². The average Bonchev–Trinajstić information content (AvgIpc) is 2.80. The molecule has 0 radical (unpaired) electrons. The maximum Gasteiger partial charge on any atom is 0.245 e. The summed E-state index contributed by atoms with van der Waals surface area (Å²) in [6.45, 7) is 0.411. The molecule has 1 aromatic heterocycles. The molecule has 1 aliphatic carbocycles. The molecule has 31 heavy (non-hydrogen) atoms. The first-order valence-electron chi connectivity index (χ1n) is 10.8. The molecule has 1 N–H and O–H groups in total. The van der Waals surface area contributed by atoms with Crippen molar-refractivity contribution in [2.75, 3.05) is 0 Å². The van der Waals surface area contributed by atoms with E-state index in [9.17, 15) is 13.5 Å². The third-order valence-corrected chi connectivity index (χ3v) is 7.73. The summed E-state index contributed by atoms with van der Waals surface area (Å²) in [5.74, 6) is 0.735. The van der Waals surface area contributed by atoms with Crippen molar-refractivity contribution in [3.05, 3.63) is 89.7 Å². The summed E-state index contributed by atoms with van der Waals surface area (Å²) in [7, 11) is -3.75. The first-order chi connectivity index (χ1) is 15.0. The van der Waals surface area contributed by atoms with E-state index >= 15 is 0 Å². The second kappa shape index (κ2) is 9.62. The Morgan fingerprint density at radius 1 is 0.903 bits per heavy atom. The second-order valence-electron chi connectivity index (χ2n) is 8.21. The first-order valence-corrected chi connectivity index (χ1v) is 12.2. The SMILES string of the molecule is O=S(=O)(c1cccnc1)N(Cc1ccc(C2CCCCC2)cc1)Cc1cccc(O)c1. The molecular formula is C25H28N2O3S. The molecule has 0 bridgehead atoms. The molecule has 1 fully saturated rings. The lowest BCUT2D eigenvalue weighted by Gasteiger charge is -2.24. The highest BCUT2D eigenvalue weighted by atomic mass is 32.2. The van der Waals surface area contributed by atoms with Crippen LogP contribution in [0.25, 0.3) is 0 Å². The van der Waals surface area contributed by atoms with E-state index in [-0.39, 0.29) is 23.7 Å². The van der Waals surface area contributed by atoms with Gasteiger partial charge in [0.1, 0.15) is 10.6 Å². The molecular weight excluding hydrogens is 408 g/mol. The van der Waals surface area contributed by atoms with Crippen molar-refractivity contribution < 1.29 is 13.5 Å². The largest absolute Gasteiger partial charge is 0.508 e. The zero-order chi connectivity index (χ0) is 21.7. The Balaban J connectivity index is 1.59. The maximum absolute atomic E-state index is 13.4. The number of aromatic hydroxyl groups is 1. The summed E-state index contributed by atoms with van der Waals surface area (Å²) in [6, 6.07) is 18.3. The van der Waals surface area contributed by atoms with E-state index in [0.717, 1.165) is 11.1 Å². The van der Waals surface area contributed by atoms with E-state index in [1.165, 1.54) is 48.2 Å². The van der Waals surface area contributed by atoms with Crippen LogP contribution < -0.4 is 0 Å². The van der Waals surface area contributed by atoms with Crippen LogP contribution in [0.3, 0.4) is 0 Å². The molecule has 162 valence electrons. The van der Waals surface area contributed by atoms with E-state index < -0.39 is 10.0 Å². The van der Waals surface area contributed by atoms with Crippen LogP contribution in [0.2, 0.25) is 0 Å². The summed E-state index contributed by atoms with van der Waals surface area (Å²) in [6.07, 6.45) is 9.29. The van der Waals surface area contributed by atoms with Crippen LogP contribution in [0.15, 0.2) is 78.0 Å². The van der Waals surface area contributed by atoms with Crippen LogP contribution in [0.5, 0.6) is 5.75 Å². The second-order valence-corrected chi connectivity index (χ2v) is 10.1. The lowest BCUT2D eigenvalue weighted by atomic mass is 9.84. The number of hydrogen-bond acceptors (Lipinski definition) is 4. The smallest absolute Gasteiger partial charge is 0.245 e. The number of hydrogen-bond donors (Lipinski definition) is 1. The minimum Gasteiger partial charge on any atom is -0.508 e. The highest BCUT2D eigenvalue weighted by Gasteiger charge is 2.25. The summed E-state index contributed by atoms with van der Waals surface area (Å²) in [4.78, 5) is 4.14. The number of sulfonamides is 1. The number of benzene rings is 2. The Hall–Kier alpha value is -2.70. The van der Waals surface area contributed by atoms with E-state index in [4.69, 9.17) is 0 Å². The van der Waals surface area contributed by atoms with Gasteiger partial charge in [0.05, 0.1) is 0 Å². The zero-order valence-corrected chi connectivity index (χ0v) is 18.3. The molecule has 1 saturated carbocycles. The predicted octanol–water partition coefficient (Wildman–Crippen LogP) is 5.23. The molecule has 0 atom stereocenters. The normalized spacial score (nSPS) is 15.3. The minimum atomic E-state index is -3.75. The fourth-order valence-corrected chi connectivity index (χ4v) is 5.65. The number of rotatable bonds is 7. The predicted molar refractivity (Wildman–Crippen MR) is 121 cm³/mol. The van der Waals surface area contributed by atoms with Crippen molar-refractivity contribution in [2.24, 2.45) is 0 Å². The van der Waals surface area contributed by atoms with Gasteiger partial charge in [-0.05, 0) is 59.7 Å². The quantitative estimate of drug-likeness (QED) is 0.551. The molecule has 2 aromatic carbocycles. The van der Waals surface area contributed by atoms with E-state index in [1.807, 2.05) is 18.2 Å². The van der Waals surface area contributed by atoms with Crippen molar-refractivity contribution in [1.82, 2.24) is 9.29 Å². The van der Waals surface area contributed by atoms with Gasteiger partial charge < -0.3 is 5.11 Å². The number of aromatic nitrogens is 1. The molecule has 6 heteroatoms. The van der Waals surface area contributed by atoms with Gasteiger partial charge in [0.2, 0.25) is 10.0 Å². The molecule has 3 aromatic rings. The summed E-state index contributed by atoms with van der Waals surface area (Å²) < 4.78 is 28.2. The van der Waals surface area contributed by atoms with Crippen molar-refractivity contribution in [2.45, 2.75) is 56.0 Å². The van der Waals surface area contributed by atoms with Crippen molar-refractivity contribution in [1.29, 1.82) is 0 Å². The average molecular weight is 437 g/mol. The Morgan fingerprint density at radius 2 is 1.65 bits per heavy atom. The molecule has 0 amide bonds. The third-order valence-electron chi connectivity index (χ3n) is 5.96. The van der Waals surface area contributed by atoms with Gasteiger partial charge in [-0.15, -0.1) is 0 Å². The number of pyridine rings is 1. The Morgan fingerprint density at radius 3 is 2.32 bits per heavy atom. The van der Waals surface area contributed by atoms with Gasteiger partial charge in [0.15, 0.2) is 0 Å². The van der Waals surface area contributed by atoms with Crippen molar-refractivity contribution >= 4 is 10.0 Å². The molecule has 0 aliphatic heterocycles. The fraction of sp³-hybridized carbons (Fsp3) is 0.320. The fourth-order valence-electron chi connectivity index (χ4n) is 4.27.